The molecule has 0 saturated carbocycles. The van der Waals surface area contributed by atoms with Crippen LogP contribution in [0.3, 0.4) is 0 Å². The summed E-state index contributed by atoms with van der Waals surface area (Å²) in [6.07, 6.45) is 1.54. The second-order valence-corrected chi connectivity index (χ2v) is 8.84. The Bertz CT molecular complexity index is 826. The largest absolute Gasteiger partial charge is 0.471 e. The summed E-state index contributed by atoms with van der Waals surface area (Å²) in [7, 11) is 2.05. The van der Waals surface area contributed by atoms with Crippen molar-refractivity contribution in [1.82, 2.24) is 10.2 Å². The van der Waals surface area contributed by atoms with Crippen molar-refractivity contribution in [2.24, 2.45) is 0 Å². The normalized spacial score (nSPS) is 15.6. The predicted octanol–water partition coefficient (Wildman–Crippen LogP) is 4.58. The maximum atomic E-state index is 12.5. The fraction of sp³-hybridized carbons (Fsp3) is 0.476. The minimum absolute atomic E-state index is 0.119. The zero-order valence-corrected chi connectivity index (χ0v) is 19.1. The number of nitrogens with one attached hydrogen (secondary N) is 1. The number of thiocarbonyl (C=S) groups is 1. The fourth-order valence-corrected chi connectivity index (χ4v) is 4.26. The molecule has 2 amide bonds. The Kier molecular flexibility index (Phi) is 9.36. The number of unbranched alkanes of at least 4 members (excludes halogenated alkanes) is 3. The van der Waals surface area contributed by atoms with Crippen molar-refractivity contribution in [3.63, 3.8) is 0 Å². The molecular formula is C21H26F3N3O2S2. The van der Waals surface area contributed by atoms with E-state index in [-0.39, 0.29) is 23.3 Å². The van der Waals surface area contributed by atoms with Crippen molar-refractivity contribution in [2.45, 2.75) is 38.8 Å². The van der Waals surface area contributed by atoms with Gasteiger partial charge in [0.05, 0.1) is 4.91 Å². The summed E-state index contributed by atoms with van der Waals surface area (Å²) in [5.74, 6) is -2.42. The molecule has 1 aromatic carbocycles. The van der Waals surface area contributed by atoms with Crippen molar-refractivity contribution >= 4 is 51.9 Å². The average Bonchev–Trinajstić information content (AvgIpc) is 2.98. The van der Waals surface area contributed by atoms with E-state index in [1.165, 1.54) is 24.2 Å². The van der Waals surface area contributed by atoms with E-state index >= 15 is 0 Å². The molecule has 1 aliphatic rings. The molecule has 1 heterocycles. The van der Waals surface area contributed by atoms with Gasteiger partial charge >= 0.3 is 12.1 Å². The lowest BCUT2D eigenvalue weighted by Crippen LogP contribution is -2.42. The van der Waals surface area contributed by atoms with Crippen LogP contribution in [0.1, 0.15) is 38.2 Å². The first-order chi connectivity index (χ1) is 14.6. The quantitative estimate of drug-likeness (QED) is 0.306. The third-order valence-corrected chi connectivity index (χ3v) is 6.11. The van der Waals surface area contributed by atoms with Gasteiger partial charge in [0, 0.05) is 32.4 Å². The fourth-order valence-electron chi connectivity index (χ4n) is 2.96. The molecule has 10 heteroatoms. The molecule has 1 saturated heterocycles. The maximum absolute atomic E-state index is 12.5. The number of hydrogen-bond acceptors (Lipinski definition) is 5. The molecule has 1 aromatic rings. The number of halogens is 3. The Morgan fingerprint density at radius 2 is 1.90 bits per heavy atom. The van der Waals surface area contributed by atoms with Crippen molar-refractivity contribution in [1.29, 1.82) is 0 Å². The molecule has 0 radical (unpaired) electrons. The number of benzene rings is 1. The summed E-state index contributed by atoms with van der Waals surface area (Å²) in [6.45, 7) is 2.70. The average molecular weight is 474 g/mol. The molecule has 5 nitrogen and oxygen atoms in total. The molecule has 2 rings (SSSR count). The van der Waals surface area contributed by atoms with Crippen LogP contribution in [-0.4, -0.2) is 53.9 Å². The van der Waals surface area contributed by atoms with Crippen molar-refractivity contribution < 1.29 is 22.8 Å². The molecular weight excluding hydrogens is 447 g/mol. The monoisotopic (exact) mass is 473 g/mol. The number of rotatable bonds is 10. The molecule has 1 N–H and O–H groups in total. The second kappa shape index (κ2) is 11.5. The SMILES string of the molecule is CCCCCCN(C)c1ccc(/C=C2\SC(=S)N(CCNC(=O)C(F)(F)F)C2=O)cc1. The lowest BCUT2D eigenvalue weighted by Gasteiger charge is -2.19. The summed E-state index contributed by atoms with van der Waals surface area (Å²) < 4.78 is 37.0. The molecule has 0 aromatic heterocycles. The smallest absolute Gasteiger partial charge is 0.375 e. The standard InChI is InChI=1S/C21H26F3N3O2S2/c1-3-4-5-6-12-26(2)16-9-7-15(8-10-16)14-17-18(28)27(20(30)31-17)13-11-25-19(29)21(22,23)24/h7-10,14H,3-6,11-13H2,1-2H3,(H,25,29)/b17-14-. The third kappa shape index (κ3) is 7.53. The van der Waals surface area contributed by atoms with Gasteiger partial charge in [-0.15, -0.1) is 0 Å². The number of thioether (sulfide) groups is 1. The van der Waals surface area contributed by atoms with Crippen LogP contribution in [0, 0.1) is 0 Å². The zero-order chi connectivity index (χ0) is 23.0. The first-order valence-electron chi connectivity index (χ1n) is 10.0. The van der Waals surface area contributed by atoms with Crippen LogP contribution in [-0.2, 0) is 9.59 Å². The van der Waals surface area contributed by atoms with E-state index in [0.29, 0.717) is 4.91 Å². The molecule has 0 aliphatic carbocycles. The van der Waals surface area contributed by atoms with Gasteiger partial charge in [0.1, 0.15) is 4.32 Å². The number of nitrogens with zero attached hydrogens (tertiary/aromatic N) is 2. The topological polar surface area (TPSA) is 52.6 Å². The number of carbonyl (C=O) groups excluding carboxylic acids is 2. The van der Waals surface area contributed by atoms with Gasteiger partial charge in [-0.3, -0.25) is 14.5 Å². The van der Waals surface area contributed by atoms with E-state index in [1.807, 2.05) is 31.3 Å². The number of amides is 2. The van der Waals surface area contributed by atoms with Crippen LogP contribution in [0.25, 0.3) is 6.08 Å². The van der Waals surface area contributed by atoms with Crippen molar-refractivity contribution in [3.05, 3.63) is 34.7 Å². The first kappa shape index (κ1) is 25.2. The minimum Gasteiger partial charge on any atom is -0.375 e. The van der Waals surface area contributed by atoms with Gasteiger partial charge in [0.2, 0.25) is 0 Å². The van der Waals surface area contributed by atoms with Crippen LogP contribution in [0.4, 0.5) is 18.9 Å². The van der Waals surface area contributed by atoms with Crippen molar-refractivity contribution in [2.75, 3.05) is 31.6 Å². The van der Waals surface area contributed by atoms with Gasteiger partial charge < -0.3 is 10.2 Å². The van der Waals surface area contributed by atoms with Crippen LogP contribution in [0.5, 0.6) is 0 Å². The predicted molar refractivity (Wildman–Crippen MR) is 123 cm³/mol. The molecule has 0 unspecified atom stereocenters. The van der Waals surface area contributed by atoms with Crippen LogP contribution >= 0.6 is 24.0 Å². The van der Waals surface area contributed by atoms with Crippen molar-refractivity contribution in [3.8, 4) is 0 Å². The first-order valence-corrected chi connectivity index (χ1v) is 11.3. The Morgan fingerprint density at radius 3 is 2.52 bits per heavy atom. The molecule has 0 bridgehead atoms. The van der Waals surface area contributed by atoms with E-state index in [1.54, 1.807) is 11.4 Å². The lowest BCUT2D eigenvalue weighted by molar-refractivity contribution is -0.173. The van der Waals surface area contributed by atoms with Gasteiger partial charge in [-0.25, -0.2) is 0 Å². The van der Waals surface area contributed by atoms with Gasteiger partial charge in [-0.05, 0) is 30.2 Å². The van der Waals surface area contributed by atoms with Gasteiger partial charge in [0.15, 0.2) is 0 Å². The van der Waals surface area contributed by atoms with Gasteiger partial charge in [0.25, 0.3) is 5.91 Å². The number of anilines is 1. The van der Waals surface area contributed by atoms with Crippen LogP contribution in [0.15, 0.2) is 29.2 Å². The highest BCUT2D eigenvalue weighted by atomic mass is 32.2. The molecule has 1 aliphatic heterocycles. The van der Waals surface area contributed by atoms with E-state index in [4.69, 9.17) is 12.2 Å². The van der Waals surface area contributed by atoms with E-state index < -0.39 is 12.1 Å². The minimum atomic E-state index is -4.95. The molecule has 170 valence electrons. The Morgan fingerprint density at radius 1 is 1.23 bits per heavy atom. The van der Waals surface area contributed by atoms with Gasteiger partial charge in [-0.2, -0.15) is 13.2 Å². The highest BCUT2D eigenvalue weighted by Gasteiger charge is 2.38. The third-order valence-electron chi connectivity index (χ3n) is 4.73. The Balaban J connectivity index is 1.92. The second-order valence-electron chi connectivity index (χ2n) is 7.16. The summed E-state index contributed by atoms with van der Waals surface area (Å²) in [5, 5.41) is 1.74. The number of alkyl halides is 3. The van der Waals surface area contributed by atoms with E-state index in [0.717, 1.165) is 36.0 Å². The highest BCUT2D eigenvalue weighted by molar-refractivity contribution is 8.26. The summed E-state index contributed by atoms with van der Waals surface area (Å²) in [4.78, 5) is 27.2. The van der Waals surface area contributed by atoms with E-state index in [9.17, 15) is 22.8 Å². The maximum Gasteiger partial charge on any atom is 0.471 e. The molecule has 1 fully saturated rings. The lowest BCUT2D eigenvalue weighted by atomic mass is 10.1. The Labute approximate surface area is 190 Å². The molecule has 0 spiro atoms. The number of hydrogen-bond donors (Lipinski definition) is 1. The van der Waals surface area contributed by atoms with Crippen LogP contribution in [0.2, 0.25) is 0 Å². The molecule has 0 atom stereocenters. The van der Waals surface area contributed by atoms with E-state index in [2.05, 4.69) is 11.8 Å². The Hall–Kier alpha value is -2.07. The molecule has 31 heavy (non-hydrogen) atoms. The zero-order valence-electron chi connectivity index (χ0n) is 17.5. The summed E-state index contributed by atoms with van der Waals surface area (Å²) in [6, 6.07) is 7.79. The summed E-state index contributed by atoms with van der Waals surface area (Å²) in [5.41, 5.74) is 1.91. The summed E-state index contributed by atoms with van der Waals surface area (Å²) >= 11 is 6.25. The number of carbonyl (C=O) groups is 2. The van der Waals surface area contributed by atoms with Crippen LogP contribution < -0.4 is 10.2 Å². The van der Waals surface area contributed by atoms with Gasteiger partial charge in [-0.1, -0.05) is 62.3 Å². The highest BCUT2D eigenvalue weighted by Crippen LogP contribution is 2.32.